The van der Waals surface area contributed by atoms with Crippen molar-refractivity contribution in [2.75, 3.05) is 13.1 Å². The fourth-order valence-corrected chi connectivity index (χ4v) is 3.11. The second kappa shape index (κ2) is 5.18. The molecule has 0 bridgehead atoms. The summed E-state index contributed by atoms with van der Waals surface area (Å²) in [6.07, 6.45) is 1.25. The van der Waals surface area contributed by atoms with Crippen molar-refractivity contribution in [2.45, 2.75) is 25.3 Å². The van der Waals surface area contributed by atoms with Crippen molar-refractivity contribution in [3.63, 3.8) is 0 Å². The molecule has 1 aliphatic rings. The van der Waals surface area contributed by atoms with Gasteiger partial charge in [0, 0.05) is 18.5 Å². The molecule has 1 aliphatic heterocycles. The highest BCUT2D eigenvalue weighted by molar-refractivity contribution is 5.26. The maximum Gasteiger partial charge on any atom is 0.0234 e. The first-order valence-electron chi connectivity index (χ1n) is 7.08. The second-order valence-electron chi connectivity index (χ2n) is 5.87. The van der Waals surface area contributed by atoms with Crippen molar-refractivity contribution < 1.29 is 0 Å². The molecule has 0 spiro atoms. The van der Waals surface area contributed by atoms with Gasteiger partial charge in [0.2, 0.25) is 0 Å². The highest BCUT2D eigenvalue weighted by atomic mass is 15.2. The van der Waals surface area contributed by atoms with E-state index in [0.717, 1.165) is 13.1 Å². The summed E-state index contributed by atoms with van der Waals surface area (Å²) in [5, 5.41) is 0. The Bertz CT molecular complexity index is 520. The van der Waals surface area contributed by atoms with Gasteiger partial charge in [0.05, 0.1) is 0 Å². The molecule has 0 aliphatic carbocycles. The number of hydrogen-bond donors (Lipinski definition) is 0. The van der Waals surface area contributed by atoms with Gasteiger partial charge in [0.15, 0.2) is 0 Å². The zero-order valence-electron chi connectivity index (χ0n) is 11.5. The van der Waals surface area contributed by atoms with Crippen molar-refractivity contribution in [1.82, 2.24) is 4.90 Å². The molecule has 2 aromatic rings. The minimum Gasteiger partial charge on any atom is -0.298 e. The van der Waals surface area contributed by atoms with Crippen LogP contribution in [0, 0.1) is 0 Å². The maximum absolute atomic E-state index is 2.57. The molecular weight excluding hydrogens is 230 g/mol. The maximum atomic E-state index is 2.57. The Kier molecular flexibility index (Phi) is 3.39. The van der Waals surface area contributed by atoms with Gasteiger partial charge >= 0.3 is 0 Å². The van der Waals surface area contributed by atoms with Crippen LogP contribution in [0.15, 0.2) is 60.7 Å². The van der Waals surface area contributed by atoms with E-state index < -0.39 is 0 Å². The van der Waals surface area contributed by atoms with Crippen LogP contribution in [-0.2, 0) is 12.0 Å². The summed E-state index contributed by atoms with van der Waals surface area (Å²) in [4.78, 5) is 2.57. The zero-order valence-corrected chi connectivity index (χ0v) is 11.5. The Morgan fingerprint density at radius 2 is 1.58 bits per heavy atom. The normalized spacial score (nSPS) is 23.6. The third-order valence-electron chi connectivity index (χ3n) is 4.27. The minimum atomic E-state index is 0.316. The van der Waals surface area contributed by atoms with Crippen LogP contribution in [0.4, 0.5) is 0 Å². The summed E-state index contributed by atoms with van der Waals surface area (Å²) in [6.45, 7) is 5.82. The van der Waals surface area contributed by atoms with E-state index in [2.05, 4.69) is 72.5 Å². The number of hydrogen-bond acceptors (Lipinski definition) is 1. The highest BCUT2D eigenvalue weighted by Gasteiger charge is 2.34. The van der Waals surface area contributed by atoms with Gasteiger partial charge in [0.25, 0.3) is 0 Å². The summed E-state index contributed by atoms with van der Waals surface area (Å²) >= 11 is 0. The third kappa shape index (κ3) is 2.71. The van der Waals surface area contributed by atoms with E-state index in [4.69, 9.17) is 0 Å². The summed E-state index contributed by atoms with van der Waals surface area (Å²) < 4.78 is 0. The predicted octanol–water partition coefficient (Wildman–Crippen LogP) is 3.85. The number of nitrogens with zero attached hydrogens (tertiary/aromatic N) is 1. The van der Waals surface area contributed by atoms with Gasteiger partial charge in [0.1, 0.15) is 0 Å². The van der Waals surface area contributed by atoms with Crippen LogP contribution < -0.4 is 0 Å². The van der Waals surface area contributed by atoms with Crippen LogP contribution in [0.5, 0.6) is 0 Å². The molecule has 1 heterocycles. The van der Waals surface area contributed by atoms with Crippen molar-refractivity contribution >= 4 is 0 Å². The molecule has 1 fully saturated rings. The van der Waals surface area contributed by atoms with E-state index >= 15 is 0 Å². The lowest BCUT2D eigenvalue weighted by Gasteiger charge is -2.25. The molecule has 1 unspecified atom stereocenters. The first kappa shape index (κ1) is 12.4. The molecule has 1 heteroatoms. The minimum absolute atomic E-state index is 0.316. The summed E-state index contributed by atoms with van der Waals surface area (Å²) in [6, 6.07) is 21.7. The van der Waals surface area contributed by atoms with Crippen LogP contribution in [0.25, 0.3) is 0 Å². The molecule has 19 heavy (non-hydrogen) atoms. The first-order chi connectivity index (χ1) is 9.26. The van der Waals surface area contributed by atoms with Crippen LogP contribution in [0.1, 0.15) is 24.5 Å². The molecule has 0 saturated carbocycles. The molecule has 1 saturated heterocycles. The van der Waals surface area contributed by atoms with E-state index in [1.807, 2.05) is 0 Å². The van der Waals surface area contributed by atoms with Gasteiger partial charge in [-0.3, -0.25) is 4.90 Å². The van der Waals surface area contributed by atoms with Crippen molar-refractivity contribution in [3.05, 3.63) is 71.8 Å². The third-order valence-corrected chi connectivity index (χ3v) is 4.27. The highest BCUT2D eigenvalue weighted by Crippen LogP contribution is 2.34. The monoisotopic (exact) mass is 251 g/mol. The standard InChI is InChI=1S/C18H21N/c1-18(17-10-6-3-7-11-17)12-13-19(15-18)14-16-8-4-2-5-9-16/h2-11H,12-15H2,1H3. The number of rotatable bonds is 3. The van der Waals surface area contributed by atoms with Gasteiger partial charge in [-0.2, -0.15) is 0 Å². The fourth-order valence-electron chi connectivity index (χ4n) is 3.11. The summed E-state index contributed by atoms with van der Waals surface area (Å²) in [5.74, 6) is 0. The summed E-state index contributed by atoms with van der Waals surface area (Å²) in [7, 11) is 0. The Labute approximate surface area is 115 Å². The van der Waals surface area contributed by atoms with Crippen molar-refractivity contribution in [1.29, 1.82) is 0 Å². The molecule has 1 atom stereocenters. The van der Waals surface area contributed by atoms with E-state index in [-0.39, 0.29) is 0 Å². The van der Waals surface area contributed by atoms with Crippen LogP contribution in [-0.4, -0.2) is 18.0 Å². The number of benzene rings is 2. The molecule has 3 rings (SSSR count). The smallest absolute Gasteiger partial charge is 0.0234 e. The van der Waals surface area contributed by atoms with Gasteiger partial charge in [-0.15, -0.1) is 0 Å². The SMILES string of the molecule is CC1(c2ccccc2)CCN(Cc2ccccc2)C1. The van der Waals surface area contributed by atoms with Crippen LogP contribution >= 0.6 is 0 Å². The molecule has 0 radical (unpaired) electrons. The van der Waals surface area contributed by atoms with Gasteiger partial charge < -0.3 is 0 Å². The fraction of sp³-hybridized carbons (Fsp3) is 0.333. The second-order valence-corrected chi connectivity index (χ2v) is 5.87. The molecule has 2 aromatic carbocycles. The lowest BCUT2D eigenvalue weighted by Crippen LogP contribution is -2.27. The van der Waals surface area contributed by atoms with Crippen molar-refractivity contribution in [2.24, 2.45) is 0 Å². The van der Waals surface area contributed by atoms with E-state index in [0.29, 0.717) is 5.41 Å². The summed E-state index contributed by atoms with van der Waals surface area (Å²) in [5.41, 5.74) is 3.21. The first-order valence-corrected chi connectivity index (χ1v) is 7.08. The van der Waals surface area contributed by atoms with Gasteiger partial charge in [-0.05, 0) is 24.1 Å². The van der Waals surface area contributed by atoms with Gasteiger partial charge in [-0.25, -0.2) is 0 Å². The van der Waals surface area contributed by atoms with Crippen molar-refractivity contribution in [3.8, 4) is 0 Å². The molecule has 1 nitrogen and oxygen atoms in total. The molecular formula is C18H21N. The molecule has 0 aromatic heterocycles. The molecule has 98 valence electrons. The number of likely N-dealkylation sites (tertiary alicyclic amines) is 1. The Morgan fingerprint density at radius 3 is 2.26 bits per heavy atom. The topological polar surface area (TPSA) is 3.24 Å². The van der Waals surface area contributed by atoms with Gasteiger partial charge in [-0.1, -0.05) is 67.6 Å². The average Bonchev–Trinajstić information content (AvgIpc) is 2.84. The van der Waals surface area contributed by atoms with Crippen LogP contribution in [0.2, 0.25) is 0 Å². The molecule has 0 amide bonds. The Balaban J connectivity index is 1.70. The Hall–Kier alpha value is -1.60. The lowest BCUT2D eigenvalue weighted by atomic mass is 9.82. The molecule has 0 N–H and O–H groups in total. The van der Waals surface area contributed by atoms with E-state index in [9.17, 15) is 0 Å². The zero-order chi connectivity index (χ0) is 13.1. The quantitative estimate of drug-likeness (QED) is 0.801. The van der Waals surface area contributed by atoms with E-state index in [1.54, 1.807) is 0 Å². The lowest BCUT2D eigenvalue weighted by molar-refractivity contribution is 0.309. The van der Waals surface area contributed by atoms with Crippen LogP contribution in [0.3, 0.4) is 0 Å². The van der Waals surface area contributed by atoms with E-state index in [1.165, 1.54) is 24.1 Å². The predicted molar refractivity (Wildman–Crippen MR) is 80.1 cm³/mol. The Morgan fingerprint density at radius 1 is 0.947 bits per heavy atom. The average molecular weight is 251 g/mol. The largest absolute Gasteiger partial charge is 0.298 e.